The van der Waals surface area contributed by atoms with Gasteiger partial charge >= 0.3 is 0 Å². The number of aryl methyl sites for hydroxylation is 3. The minimum Gasteiger partial charge on any atom is -0.206 e. The van der Waals surface area contributed by atoms with Crippen LogP contribution in [0.2, 0.25) is 5.02 Å². The second-order valence-corrected chi connectivity index (χ2v) is 7.92. The first-order valence-corrected chi connectivity index (χ1v) is 10.4. The van der Waals surface area contributed by atoms with Crippen LogP contribution >= 0.6 is 11.6 Å². The molecule has 0 nitrogen and oxygen atoms in total. The zero-order chi connectivity index (χ0) is 22.1. The lowest BCUT2D eigenvalue weighted by atomic mass is 9.96. The highest BCUT2D eigenvalue weighted by atomic mass is 35.5. The largest absolute Gasteiger partial charge is 0.206 e. The lowest BCUT2D eigenvalue weighted by Gasteiger charge is -2.11. The maximum Gasteiger partial charge on any atom is 0.142 e. The summed E-state index contributed by atoms with van der Waals surface area (Å²) in [5.74, 6) is -2.16. The summed E-state index contributed by atoms with van der Waals surface area (Å²) in [5, 5.41) is 0.970. The van der Waals surface area contributed by atoms with E-state index in [1.807, 2.05) is 6.92 Å². The van der Waals surface area contributed by atoms with Gasteiger partial charge in [0.05, 0.1) is 10.6 Å². The van der Waals surface area contributed by atoms with E-state index in [0.29, 0.717) is 46.7 Å². The van der Waals surface area contributed by atoms with Crippen molar-refractivity contribution in [2.45, 2.75) is 26.2 Å². The molecule has 0 saturated heterocycles. The molecule has 0 aliphatic carbocycles. The van der Waals surface area contributed by atoms with E-state index in [1.165, 1.54) is 36.4 Å². The molecule has 0 N–H and O–H groups in total. The molecule has 0 aliphatic heterocycles. The van der Waals surface area contributed by atoms with Gasteiger partial charge in [-0.3, -0.25) is 0 Å². The first-order valence-electron chi connectivity index (χ1n) is 10.0. The number of benzene rings is 4. The van der Waals surface area contributed by atoms with Gasteiger partial charge < -0.3 is 0 Å². The van der Waals surface area contributed by atoms with Crippen LogP contribution in [0.15, 0.2) is 60.7 Å². The highest BCUT2D eigenvalue weighted by Gasteiger charge is 2.15. The predicted octanol–water partition coefficient (Wildman–Crippen LogP) is 8.06. The van der Waals surface area contributed by atoms with Gasteiger partial charge in [0.15, 0.2) is 0 Å². The minimum absolute atomic E-state index is 0.0497. The van der Waals surface area contributed by atoms with Crippen LogP contribution in [0.1, 0.15) is 23.6 Å². The van der Waals surface area contributed by atoms with E-state index in [-0.39, 0.29) is 16.4 Å². The van der Waals surface area contributed by atoms with Gasteiger partial charge in [0, 0.05) is 5.39 Å². The van der Waals surface area contributed by atoms with Crippen LogP contribution in [0, 0.1) is 23.3 Å². The highest BCUT2D eigenvalue weighted by molar-refractivity contribution is 6.30. The zero-order valence-electron chi connectivity index (χ0n) is 16.8. The maximum atomic E-state index is 15.1. The van der Waals surface area contributed by atoms with Crippen LogP contribution in [0.4, 0.5) is 17.6 Å². The zero-order valence-corrected chi connectivity index (χ0v) is 17.5. The molecule has 0 bridgehead atoms. The highest BCUT2D eigenvalue weighted by Crippen LogP contribution is 2.32. The van der Waals surface area contributed by atoms with E-state index in [4.69, 9.17) is 11.6 Å². The molecular formula is C26H19ClF4. The Kier molecular flexibility index (Phi) is 6.01. The van der Waals surface area contributed by atoms with Crippen LogP contribution in [0.25, 0.3) is 21.9 Å². The minimum atomic E-state index is -0.636. The molecule has 0 fully saturated rings. The van der Waals surface area contributed by atoms with Crippen molar-refractivity contribution < 1.29 is 17.6 Å². The van der Waals surface area contributed by atoms with Crippen LogP contribution in [-0.2, 0) is 19.3 Å². The average molecular weight is 443 g/mol. The number of halogens is 5. The Morgan fingerprint density at radius 1 is 0.710 bits per heavy atom. The van der Waals surface area contributed by atoms with Gasteiger partial charge in [-0.25, -0.2) is 17.6 Å². The van der Waals surface area contributed by atoms with E-state index in [1.54, 1.807) is 24.3 Å². The van der Waals surface area contributed by atoms with Crippen molar-refractivity contribution in [1.29, 1.82) is 0 Å². The predicted molar refractivity (Wildman–Crippen MR) is 117 cm³/mol. The molecule has 31 heavy (non-hydrogen) atoms. The lowest BCUT2D eigenvalue weighted by molar-refractivity contribution is 0.586. The molecule has 4 aromatic rings. The summed E-state index contributed by atoms with van der Waals surface area (Å²) < 4.78 is 57.7. The number of hydrogen-bond donors (Lipinski definition) is 0. The molecular weight excluding hydrogens is 424 g/mol. The average Bonchev–Trinajstić information content (AvgIpc) is 2.75. The molecule has 0 aliphatic rings. The first-order chi connectivity index (χ1) is 14.9. The molecule has 0 spiro atoms. The van der Waals surface area contributed by atoms with Gasteiger partial charge in [-0.2, -0.15) is 0 Å². The van der Waals surface area contributed by atoms with E-state index >= 15 is 4.39 Å². The second kappa shape index (κ2) is 8.72. The smallest absolute Gasteiger partial charge is 0.142 e. The first kappa shape index (κ1) is 21.4. The molecule has 5 heteroatoms. The Hall–Kier alpha value is -2.85. The SMILES string of the molecule is CCc1cc(F)c(-c2ccc3c(F)c(CCc4ccc(Cl)c(F)c4)ccc3c2)c(F)c1. The molecule has 0 radical (unpaired) electrons. The lowest BCUT2D eigenvalue weighted by Crippen LogP contribution is -1.97. The third-order valence-corrected chi connectivity index (χ3v) is 5.81. The van der Waals surface area contributed by atoms with Crippen LogP contribution in [-0.4, -0.2) is 0 Å². The number of hydrogen-bond acceptors (Lipinski definition) is 0. The third-order valence-electron chi connectivity index (χ3n) is 5.50. The van der Waals surface area contributed by atoms with Crippen LogP contribution < -0.4 is 0 Å². The molecule has 4 rings (SSSR count). The molecule has 0 unspecified atom stereocenters. The van der Waals surface area contributed by atoms with Crippen LogP contribution in [0.5, 0.6) is 0 Å². The van der Waals surface area contributed by atoms with Gasteiger partial charge in [-0.15, -0.1) is 0 Å². The fourth-order valence-electron chi connectivity index (χ4n) is 3.77. The maximum absolute atomic E-state index is 15.1. The Morgan fingerprint density at radius 3 is 2.10 bits per heavy atom. The molecule has 0 heterocycles. The standard InChI is InChI=1S/C26H19ClF4/c1-2-15-11-23(29)25(24(30)12-15)19-8-9-20-18(14-19)7-6-17(26(20)31)5-3-16-4-10-21(27)22(28)13-16/h4,6-14H,2-3,5H2,1H3. The fourth-order valence-corrected chi connectivity index (χ4v) is 3.88. The van der Waals surface area contributed by atoms with E-state index in [2.05, 4.69) is 0 Å². The van der Waals surface area contributed by atoms with E-state index < -0.39 is 17.5 Å². The van der Waals surface area contributed by atoms with Gasteiger partial charge in [-0.05, 0) is 77.2 Å². The van der Waals surface area contributed by atoms with Crippen molar-refractivity contribution in [2.24, 2.45) is 0 Å². The fraction of sp³-hybridized carbons (Fsp3) is 0.154. The summed E-state index contributed by atoms with van der Waals surface area (Å²) in [6, 6.07) is 15.2. The topological polar surface area (TPSA) is 0 Å². The second-order valence-electron chi connectivity index (χ2n) is 7.51. The van der Waals surface area contributed by atoms with E-state index in [0.717, 1.165) is 5.56 Å². The molecule has 0 atom stereocenters. The Labute approximate surface area is 183 Å². The number of rotatable bonds is 5. The Balaban J connectivity index is 1.65. The third kappa shape index (κ3) is 4.31. The molecule has 0 amide bonds. The monoisotopic (exact) mass is 442 g/mol. The van der Waals surface area contributed by atoms with Crippen molar-refractivity contribution >= 4 is 22.4 Å². The van der Waals surface area contributed by atoms with Gasteiger partial charge in [0.25, 0.3) is 0 Å². The van der Waals surface area contributed by atoms with Gasteiger partial charge in [-0.1, -0.05) is 48.9 Å². The Morgan fingerprint density at radius 2 is 1.42 bits per heavy atom. The summed E-state index contributed by atoms with van der Waals surface area (Å²) in [5.41, 5.74) is 2.02. The van der Waals surface area contributed by atoms with E-state index in [9.17, 15) is 13.2 Å². The van der Waals surface area contributed by atoms with Crippen molar-refractivity contribution in [1.82, 2.24) is 0 Å². The summed E-state index contributed by atoms with van der Waals surface area (Å²) in [4.78, 5) is 0. The quantitative estimate of drug-likeness (QED) is 0.274. The summed E-state index contributed by atoms with van der Waals surface area (Å²) in [6.07, 6.45) is 1.36. The normalized spacial score (nSPS) is 11.3. The van der Waals surface area contributed by atoms with Crippen molar-refractivity contribution in [3.63, 3.8) is 0 Å². The summed E-state index contributed by atoms with van der Waals surface area (Å²) in [6.45, 7) is 1.83. The van der Waals surface area contributed by atoms with Crippen molar-refractivity contribution in [2.75, 3.05) is 0 Å². The molecule has 0 aromatic heterocycles. The number of fused-ring (bicyclic) bond motifs is 1. The summed E-state index contributed by atoms with van der Waals surface area (Å²) in [7, 11) is 0. The molecule has 4 aromatic carbocycles. The van der Waals surface area contributed by atoms with Crippen molar-refractivity contribution in [3.8, 4) is 11.1 Å². The van der Waals surface area contributed by atoms with Crippen LogP contribution in [0.3, 0.4) is 0 Å². The van der Waals surface area contributed by atoms with Crippen molar-refractivity contribution in [3.05, 3.63) is 106 Å². The molecule has 158 valence electrons. The summed E-state index contributed by atoms with van der Waals surface area (Å²) >= 11 is 5.70. The Bertz CT molecular complexity index is 1260. The van der Waals surface area contributed by atoms with Gasteiger partial charge in [0.2, 0.25) is 0 Å². The molecule has 0 saturated carbocycles. The van der Waals surface area contributed by atoms with Gasteiger partial charge in [0.1, 0.15) is 23.3 Å².